The smallest absolute Gasteiger partial charge is 0.413 e. The van der Waals surface area contributed by atoms with Gasteiger partial charge in [0.15, 0.2) is 8.32 Å². The molecule has 0 atom stereocenters. The number of ether oxygens (including phenoxy) is 2. The minimum Gasteiger partial charge on any atom is -0.413 e. The minimum atomic E-state index is -1.86. The molecule has 0 N–H and O–H groups in total. The SMILES string of the molecule is Cc1cc(CO[Si](C)(C)C(C)(C)C)cc(C)c1OC(=O)Oc1ccc([N+](=O)[O-])cc1. The van der Waals surface area contributed by atoms with Crippen LogP contribution in [-0.2, 0) is 11.0 Å². The van der Waals surface area contributed by atoms with Crippen LogP contribution in [0.25, 0.3) is 0 Å². The summed E-state index contributed by atoms with van der Waals surface area (Å²) in [6, 6.07) is 9.09. The third-order valence-electron chi connectivity index (χ3n) is 5.36. The maximum atomic E-state index is 12.2. The van der Waals surface area contributed by atoms with Crippen molar-refractivity contribution in [1.29, 1.82) is 0 Å². The van der Waals surface area contributed by atoms with Crippen molar-refractivity contribution in [3.63, 3.8) is 0 Å². The molecule has 0 radical (unpaired) electrons. The van der Waals surface area contributed by atoms with Crippen molar-refractivity contribution in [3.8, 4) is 11.5 Å². The van der Waals surface area contributed by atoms with Gasteiger partial charge in [-0.25, -0.2) is 4.79 Å². The van der Waals surface area contributed by atoms with E-state index in [1.54, 1.807) is 0 Å². The number of nitro benzene ring substituents is 1. The van der Waals surface area contributed by atoms with Gasteiger partial charge in [0.2, 0.25) is 0 Å². The second-order valence-electron chi connectivity index (χ2n) is 8.81. The summed E-state index contributed by atoms with van der Waals surface area (Å²) in [6.07, 6.45) is -0.902. The van der Waals surface area contributed by atoms with Gasteiger partial charge in [-0.2, -0.15) is 0 Å². The molecule has 0 fully saturated rings. The number of rotatable bonds is 6. The number of non-ortho nitro benzene ring substituents is 1. The van der Waals surface area contributed by atoms with Crippen LogP contribution in [0.15, 0.2) is 36.4 Å². The average Bonchev–Trinajstić information content (AvgIpc) is 2.62. The first-order valence-electron chi connectivity index (χ1n) is 9.68. The predicted octanol–water partition coefficient (Wildman–Crippen LogP) is 6.31. The van der Waals surface area contributed by atoms with Crippen molar-refractivity contribution < 1.29 is 23.6 Å². The molecule has 0 saturated carbocycles. The van der Waals surface area contributed by atoms with Crippen molar-refractivity contribution in [1.82, 2.24) is 0 Å². The summed E-state index contributed by atoms with van der Waals surface area (Å²) < 4.78 is 16.8. The lowest BCUT2D eigenvalue weighted by atomic mass is 10.1. The van der Waals surface area contributed by atoms with Crippen LogP contribution in [-0.4, -0.2) is 19.4 Å². The Morgan fingerprint density at radius 2 is 1.57 bits per heavy atom. The first kappa shape index (κ1) is 23.6. The molecule has 0 aliphatic carbocycles. The van der Waals surface area contributed by atoms with E-state index in [2.05, 4.69) is 33.9 Å². The van der Waals surface area contributed by atoms with Crippen LogP contribution in [0.1, 0.15) is 37.5 Å². The standard InChI is InChI=1S/C22H29NO6Si/c1-15-12-17(14-27-30(6,7)22(3,4)5)13-16(2)20(15)29-21(24)28-19-10-8-18(9-11-19)23(25)26/h8-13H,14H2,1-7H3. The topological polar surface area (TPSA) is 87.9 Å². The monoisotopic (exact) mass is 431 g/mol. The molecular weight excluding hydrogens is 402 g/mol. The first-order valence-corrected chi connectivity index (χ1v) is 12.6. The minimum absolute atomic E-state index is 0.0853. The molecule has 0 unspecified atom stereocenters. The highest BCUT2D eigenvalue weighted by Crippen LogP contribution is 2.37. The van der Waals surface area contributed by atoms with Crippen LogP contribution in [0.2, 0.25) is 18.1 Å². The molecule has 0 bridgehead atoms. The van der Waals surface area contributed by atoms with Crippen molar-refractivity contribution in [3.05, 3.63) is 63.2 Å². The molecule has 0 aliphatic rings. The Morgan fingerprint density at radius 1 is 1.03 bits per heavy atom. The molecular formula is C22H29NO6Si. The fourth-order valence-electron chi connectivity index (χ4n) is 2.60. The first-order chi connectivity index (χ1) is 13.8. The molecule has 0 aromatic heterocycles. The molecule has 2 aromatic carbocycles. The summed E-state index contributed by atoms with van der Waals surface area (Å²) in [5.74, 6) is 0.596. The van der Waals surface area contributed by atoms with Gasteiger partial charge in [-0.05, 0) is 60.8 Å². The van der Waals surface area contributed by atoms with E-state index in [0.29, 0.717) is 12.4 Å². The van der Waals surface area contributed by atoms with E-state index < -0.39 is 19.4 Å². The number of aryl methyl sites for hydroxylation is 2. The third-order valence-corrected chi connectivity index (χ3v) is 9.84. The summed E-state index contributed by atoms with van der Waals surface area (Å²) in [5, 5.41) is 10.8. The van der Waals surface area contributed by atoms with Gasteiger partial charge in [-0.15, -0.1) is 0 Å². The van der Waals surface area contributed by atoms with E-state index in [0.717, 1.165) is 16.7 Å². The summed E-state index contributed by atoms with van der Waals surface area (Å²) in [4.78, 5) is 22.3. The molecule has 30 heavy (non-hydrogen) atoms. The Bertz CT molecular complexity index is 909. The van der Waals surface area contributed by atoms with E-state index in [-0.39, 0.29) is 16.5 Å². The fraction of sp³-hybridized carbons (Fsp3) is 0.409. The maximum absolute atomic E-state index is 12.2. The zero-order chi connectivity index (χ0) is 22.7. The number of nitro groups is 1. The van der Waals surface area contributed by atoms with Crippen LogP contribution >= 0.6 is 0 Å². The van der Waals surface area contributed by atoms with Crippen LogP contribution < -0.4 is 9.47 Å². The number of nitrogens with zero attached hydrogens (tertiary/aromatic N) is 1. The maximum Gasteiger partial charge on any atom is 0.519 e. The average molecular weight is 432 g/mol. The number of hydrogen-bond acceptors (Lipinski definition) is 6. The van der Waals surface area contributed by atoms with Crippen LogP contribution in [0.4, 0.5) is 10.5 Å². The van der Waals surface area contributed by atoms with Crippen LogP contribution in [0.5, 0.6) is 11.5 Å². The molecule has 162 valence electrons. The molecule has 2 rings (SSSR count). The summed E-state index contributed by atoms with van der Waals surface area (Å²) in [7, 11) is -1.86. The second kappa shape index (κ2) is 8.97. The summed E-state index contributed by atoms with van der Waals surface area (Å²) >= 11 is 0. The highest BCUT2D eigenvalue weighted by molar-refractivity contribution is 6.74. The normalized spacial score (nSPS) is 11.8. The van der Waals surface area contributed by atoms with Crippen LogP contribution in [0.3, 0.4) is 0 Å². The molecule has 8 heteroatoms. The zero-order valence-corrected chi connectivity index (χ0v) is 19.6. The van der Waals surface area contributed by atoms with Gasteiger partial charge in [0.1, 0.15) is 11.5 Å². The number of carbonyl (C=O) groups is 1. The molecule has 0 amide bonds. The van der Waals surface area contributed by atoms with E-state index in [9.17, 15) is 14.9 Å². The van der Waals surface area contributed by atoms with Crippen molar-refractivity contribution in [2.75, 3.05) is 0 Å². The van der Waals surface area contributed by atoms with E-state index >= 15 is 0 Å². The van der Waals surface area contributed by atoms with E-state index in [1.165, 1.54) is 24.3 Å². The Kier molecular flexibility index (Phi) is 7.05. The largest absolute Gasteiger partial charge is 0.519 e. The molecule has 7 nitrogen and oxygen atoms in total. The number of carbonyl (C=O) groups excluding carboxylic acids is 1. The lowest BCUT2D eigenvalue weighted by Gasteiger charge is -2.36. The fourth-order valence-corrected chi connectivity index (χ4v) is 3.56. The molecule has 0 spiro atoms. The van der Waals surface area contributed by atoms with Crippen molar-refractivity contribution >= 4 is 20.2 Å². The van der Waals surface area contributed by atoms with E-state index in [1.807, 2.05) is 26.0 Å². The summed E-state index contributed by atoms with van der Waals surface area (Å²) in [6.45, 7) is 15.2. The zero-order valence-electron chi connectivity index (χ0n) is 18.6. The van der Waals surface area contributed by atoms with Crippen molar-refractivity contribution in [2.24, 2.45) is 0 Å². The van der Waals surface area contributed by atoms with Crippen LogP contribution in [0, 0.1) is 24.0 Å². The van der Waals surface area contributed by atoms with Gasteiger partial charge >= 0.3 is 6.16 Å². The number of benzene rings is 2. The molecule has 0 heterocycles. The Labute approximate surface area is 178 Å². The second-order valence-corrected chi connectivity index (χ2v) is 13.6. The lowest BCUT2D eigenvalue weighted by molar-refractivity contribution is -0.384. The van der Waals surface area contributed by atoms with Crippen molar-refractivity contribution in [2.45, 2.75) is 59.4 Å². The summed E-state index contributed by atoms with van der Waals surface area (Å²) in [5.41, 5.74) is 2.53. The lowest BCUT2D eigenvalue weighted by Crippen LogP contribution is -2.40. The Balaban J connectivity index is 2.06. The van der Waals surface area contributed by atoms with Gasteiger partial charge < -0.3 is 13.9 Å². The van der Waals surface area contributed by atoms with Gasteiger partial charge in [0.25, 0.3) is 5.69 Å². The Morgan fingerprint density at radius 3 is 2.03 bits per heavy atom. The van der Waals surface area contributed by atoms with Gasteiger partial charge in [0.05, 0.1) is 11.5 Å². The van der Waals surface area contributed by atoms with Gasteiger partial charge in [-0.3, -0.25) is 10.1 Å². The van der Waals surface area contributed by atoms with Gasteiger partial charge in [-0.1, -0.05) is 32.9 Å². The third kappa shape index (κ3) is 5.90. The molecule has 2 aromatic rings. The van der Waals surface area contributed by atoms with E-state index in [4.69, 9.17) is 13.9 Å². The van der Waals surface area contributed by atoms with Gasteiger partial charge in [0, 0.05) is 12.1 Å². The molecule has 0 saturated heterocycles. The molecule has 0 aliphatic heterocycles. The Hall–Kier alpha value is -2.71. The quantitative estimate of drug-likeness (QED) is 0.175. The predicted molar refractivity (Wildman–Crippen MR) is 118 cm³/mol. The highest BCUT2D eigenvalue weighted by atomic mass is 28.4. The number of hydrogen-bond donors (Lipinski definition) is 0. The highest BCUT2D eigenvalue weighted by Gasteiger charge is 2.37.